The molecule has 1 amide bonds. The topological polar surface area (TPSA) is 98.6 Å². The number of nitrogens with zero attached hydrogens (tertiary/aromatic N) is 1. The molecule has 2 rings (SSSR count). The van der Waals surface area contributed by atoms with Crippen LogP contribution in [0.3, 0.4) is 0 Å². The molecule has 0 aromatic carbocycles. The lowest BCUT2D eigenvalue weighted by atomic mass is 10.1. The fourth-order valence-electron chi connectivity index (χ4n) is 2.10. The highest BCUT2D eigenvalue weighted by atomic mass is 32.1. The number of primary amides is 1. The molecule has 6 nitrogen and oxygen atoms in total. The van der Waals surface area contributed by atoms with E-state index < -0.39 is 5.91 Å². The van der Waals surface area contributed by atoms with Crippen molar-refractivity contribution >= 4 is 33.7 Å². The summed E-state index contributed by atoms with van der Waals surface area (Å²) in [6.07, 6.45) is 0. The number of morpholine rings is 1. The number of hydrogen-bond donors (Lipinski definition) is 2. The number of thiophene rings is 1. The van der Waals surface area contributed by atoms with Crippen LogP contribution in [0.25, 0.3) is 0 Å². The quantitative estimate of drug-likeness (QED) is 0.811. The van der Waals surface area contributed by atoms with E-state index in [9.17, 15) is 9.59 Å². The number of rotatable bonds is 4. The average molecular weight is 297 g/mol. The van der Waals surface area contributed by atoms with Crippen molar-refractivity contribution in [3.8, 4) is 0 Å². The van der Waals surface area contributed by atoms with Gasteiger partial charge in [0.25, 0.3) is 5.91 Å². The molecular formula is C13H19N3O3S. The summed E-state index contributed by atoms with van der Waals surface area (Å²) in [6.45, 7) is 6.11. The number of carbonyl (C=O) groups is 2. The van der Waals surface area contributed by atoms with E-state index in [-0.39, 0.29) is 23.0 Å². The van der Waals surface area contributed by atoms with Gasteiger partial charge < -0.3 is 21.1 Å². The SMILES string of the molecule is CC(C)C(=O)c1sc(N2CCOCC2)c(C(N)=O)c1N. The van der Waals surface area contributed by atoms with E-state index in [2.05, 4.69) is 0 Å². The Hall–Kier alpha value is -1.60. The van der Waals surface area contributed by atoms with E-state index >= 15 is 0 Å². The number of Topliss-reactive ketones (excluding diaryl/α,β-unsaturated/α-hetero) is 1. The highest BCUT2D eigenvalue weighted by molar-refractivity contribution is 7.19. The standard InChI is InChI=1S/C13H19N3O3S/c1-7(2)10(17)11-9(14)8(12(15)18)13(20-11)16-3-5-19-6-4-16/h7H,3-6,14H2,1-2H3,(H2,15,18). The van der Waals surface area contributed by atoms with Gasteiger partial charge in [-0.3, -0.25) is 9.59 Å². The average Bonchev–Trinajstić information content (AvgIpc) is 2.76. The molecular weight excluding hydrogens is 278 g/mol. The molecule has 1 aromatic heterocycles. The smallest absolute Gasteiger partial charge is 0.253 e. The molecule has 0 radical (unpaired) electrons. The summed E-state index contributed by atoms with van der Waals surface area (Å²) in [7, 11) is 0. The van der Waals surface area contributed by atoms with Crippen molar-refractivity contribution in [3.05, 3.63) is 10.4 Å². The fraction of sp³-hybridized carbons (Fsp3) is 0.538. The Morgan fingerprint density at radius 2 is 1.90 bits per heavy atom. The summed E-state index contributed by atoms with van der Waals surface area (Å²) in [5.41, 5.74) is 11.9. The van der Waals surface area contributed by atoms with Crippen LogP contribution in [0.5, 0.6) is 0 Å². The van der Waals surface area contributed by atoms with Crippen LogP contribution in [0.2, 0.25) is 0 Å². The van der Waals surface area contributed by atoms with Gasteiger partial charge >= 0.3 is 0 Å². The molecule has 1 aliphatic rings. The summed E-state index contributed by atoms with van der Waals surface area (Å²) < 4.78 is 5.29. The zero-order chi connectivity index (χ0) is 14.9. The van der Waals surface area contributed by atoms with Crippen LogP contribution in [0, 0.1) is 5.92 Å². The highest BCUT2D eigenvalue weighted by Crippen LogP contribution is 2.39. The van der Waals surface area contributed by atoms with Crippen LogP contribution >= 0.6 is 11.3 Å². The van der Waals surface area contributed by atoms with Crippen molar-refractivity contribution < 1.29 is 14.3 Å². The van der Waals surface area contributed by atoms with Gasteiger partial charge in [-0.05, 0) is 0 Å². The van der Waals surface area contributed by atoms with Crippen molar-refractivity contribution in [2.24, 2.45) is 11.7 Å². The second-order valence-corrected chi connectivity index (χ2v) is 6.01. The van der Waals surface area contributed by atoms with E-state index in [4.69, 9.17) is 16.2 Å². The molecule has 1 aliphatic heterocycles. The van der Waals surface area contributed by atoms with Gasteiger partial charge in [0.15, 0.2) is 5.78 Å². The first kappa shape index (κ1) is 14.8. The van der Waals surface area contributed by atoms with Gasteiger partial charge in [0.2, 0.25) is 0 Å². The summed E-state index contributed by atoms with van der Waals surface area (Å²) in [5, 5.41) is 0.683. The van der Waals surface area contributed by atoms with Crippen molar-refractivity contribution in [1.29, 1.82) is 0 Å². The molecule has 0 spiro atoms. The predicted octanol–water partition coefficient (Wildman–Crippen LogP) is 1.10. The van der Waals surface area contributed by atoms with E-state index in [0.717, 1.165) is 0 Å². The van der Waals surface area contributed by atoms with Crippen LogP contribution in [-0.2, 0) is 4.74 Å². The van der Waals surface area contributed by atoms with E-state index in [1.165, 1.54) is 11.3 Å². The largest absolute Gasteiger partial charge is 0.397 e. The second-order valence-electron chi connectivity index (χ2n) is 5.01. The molecule has 7 heteroatoms. The van der Waals surface area contributed by atoms with Gasteiger partial charge in [-0.15, -0.1) is 11.3 Å². The van der Waals surface area contributed by atoms with Gasteiger partial charge in [0.05, 0.1) is 29.3 Å². The van der Waals surface area contributed by atoms with Crippen LogP contribution in [0.15, 0.2) is 0 Å². The number of nitrogens with two attached hydrogens (primary N) is 2. The minimum Gasteiger partial charge on any atom is -0.397 e. The maximum atomic E-state index is 12.2. The lowest BCUT2D eigenvalue weighted by Gasteiger charge is -2.28. The normalized spacial score (nSPS) is 15.7. The Labute approximate surface area is 121 Å². The van der Waals surface area contributed by atoms with Crippen molar-refractivity contribution in [3.63, 3.8) is 0 Å². The third-order valence-corrected chi connectivity index (χ3v) is 4.50. The van der Waals surface area contributed by atoms with Gasteiger partial charge in [-0.25, -0.2) is 0 Å². The lowest BCUT2D eigenvalue weighted by molar-refractivity contribution is 0.0944. The molecule has 110 valence electrons. The summed E-state index contributed by atoms with van der Waals surface area (Å²) in [4.78, 5) is 26.3. The molecule has 0 bridgehead atoms. The summed E-state index contributed by atoms with van der Waals surface area (Å²) in [6, 6.07) is 0. The molecule has 4 N–H and O–H groups in total. The van der Waals surface area contributed by atoms with E-state index in [1.807, 2.05) is 4.90 Å². The number of ketones is 1. The number of amides is 1. The van der Waals surface area contributed by atoms with Crippen molar-refractivity contribution in [2.75, 3.05) is 36.9 Å². The summed E-state index contributed by atoms with van der Waals surface area (Å²) >= 11 is 1.25. The predicted molar refractivity (Wildman–Crippen MR) is 79.4 cm³/mol. The number of carbonyl (C=O) groups excluding carboxylic acids is 2. The molecule has 2 heterocycles. The van der Waals surface area contributed by atoms with Gasteiger partial charge in [0.1, 0.15) is 5.00 Å². The van der Waals surface area contributed by atoms with Crippen molar-refractivity contribution in [1.82, 2.24) is 0 Å². The Kier molecular flexibility index (Phi) is 4.29. The molecule has 0 saturated carbocycles. The first-order valence-electron chi connectivity index (χ1n) is 6.52. The number of ether oxygens (including phenoxy) is 1. The van der Waals surface area contributed by atoms with Crippen LogP contribution in [-0.4, -0.2) is 38.0 Å². The van der Waals surface area contributed by atoms with Crippen LogP contribution < -0.4 is 16.4 Å². The van der Waals surface area contributed by atoms with Crippen LogP contribution in [0.4, 0.5) is 10.7 Å². The maximum absolute atomic E-state index is 12.2. The lowest BCUT2D eigenvalue weighted by Crippen LogP contribution is -2.36. The molecule has 20 heavy (non-hydrogen) atoms. The Balaban J connectivity index is 2.47. The molecule has 0 unspecified atom stereocenters. The third-order valence-electron chi connectivity index (χ3n) is 3.22. The first-order chi connectivity index (χ1) is 9.43. The molecule has 0 aliphatic carbocycles. The van der Waals surface area contributed by atoms with Crippen molar-refractivity contribution in [2.45, 2.75) is 13.8 Å². The van der Waals surface area contributed by atoms with E-state index in [0.29, 0.717) is 36.2 Å². The molecule has 1 saturated heterocycles. The second kappa shape index (κ2) is 5.80. The first-order valence-corrected chi connectivity index (χ1v) is 7.34. The van der Waals surface area contributed by atoms with Gasteiger partial charge in [-0.2, -0.15) is 0 Å². The molecule has 0 atom stereocenters. The number of anilines is 2. The monoisotopic (exact) mass is 297 g/mol. The van der Waals surface area contributed by atoms with E-state index in [1.54, 1.807) is 13.8 Å². The maximum Gasteiger partial charge on any atom is 0.253 e. The zero-order valence-electron chi connectivity index (χ0n) is 11.6. The van der Waals surface area contributed by atoms with Crippen LogP contribution in [0.1, 0.15) is 33.9 Å². The summed E-state index contributed by atoms with van der Waals surface area (Å²) in [5.74, 6) is -0.827. The Morgan fingerprint density at radius 3 is 2.40 bits per heavy atom. The number of nitrogen functional groups attached to an aromatic ring is 1. The highest BCUT2D eigenvalue weighted by Gasteiger charge is 2.28. The zero-order valence-corrected chi connectivity index (χ0v) is 12.5. The molecule has 1 aromatic rings. The van der Waals surface area contributed by atoms with Gasteiger partial charge in [-0.1, -0.05) is 13.8 Å². The third kappa shape index (κ3) is 2.64. The number of hydrogen-bond acceptors (Lipinski definition) is 6. The molecule has 1 fully saturated rings. The Bertz CT molecular complexity index is 533. The Morgan fingerprint density at radius 1 is 1.30 bits per heavy atom. The fourth-order valence-corrected chi connectivity index (χ4v) is 3.47. The minimum atomic E-state index is -0.594. The minimum absolute atomic E-state index is 0.0606. The van der Waals surface area contributed by atoms with Gasteiger partial charge in [0, 0.05) is 19.0 Å².